The van der Waals surface area contributed by atoms with Gasteiger partial charge in [0.1, 0.15) is 0 Å². The minimum atomic E-state index is -0.159. The second kappa shape index (κ2) is 7.45. The molecule has 2 heterocycles. The summed E-state index contributed by atoms with van der Waals surface area (Å²) in [7, 11) is 0. The summed E-state index contributed by atoms with van der Waals surface area (Å²) in [5.41, 5.74) is 1.77. The van der Waals surface area contributed by atoms with Crippen LogP contribution in [-0.4, -0.2) is 35.6 Å². The van der Waals surface area contributed by atoms with Crippen LogP contribution in [0, 0.1) is 12.8 Å². The lowest BCUT2D eigenvalue weighted by atomic mass is 10.0. The molecule has 118 valence electrons. The van der Waals surface area contributed by atoms with Gasteiger partial charge in [0.25, 0.3) is 0 Å². The van der Waals surface area contributed by atoms with E-state index in [-0.39, 0.29) is 6.03 Å². The van der Waals surface area contributed by atoms with Crippen molar-refractivity contribution in [1.29, 1.82) is 0 Å². The second-order valence-electron chi connectivity index (χ2n) is 5.74. The van der Waals surface area contributed by atoms with Crippen molar-refractivity contribution in [3.05, 3.63) is 11.9 Å². The van der Waals surface area contributed by atoms with E-state index in [1.165, 1.54) is 0 Å². The molecule has 0 bridgehead atoms. The van der Waals surface area contributed by atoms with E-state index in [0.29, 0.717) is 18.5 Å². The minimum absolute atomic E-state index is 0.159. The molecule has 2 rings (SSSR count). The topological polar surface area (TPSA) is 68.2 Å². The Morgan fingerprint density at radius 3 is 2.90 bits per heavy atom. The fourth-order valence-electron chi connectivity index (χ4n) is 2.52. The van der Waals surface area contributed by atoms with Gasteiger partial charge in [-0.05, 0) is 39.0 Å². The van der Waals surface area contributed by atoms with Crippen molar-refractivity contribution in [3.63, 3.8) is 0 Å². The molecule has 21 heavy (non-hydrogen) atoms. The highest BCUT2D eigenvalue weighted by atomic mass is 16.5. The van der Waals surface area contributed by atoms with E-state index < -0.39 is 0 Å². The maximum Gasteiger partial charge on any atom is 0.319 e. The number of hydrogen-bond acceptors (Lipinski definition) is 3. The molecule has 0 saturated carbocycles. The number of carbonyl (C=O) groups is 1. The number of ether oxygens (including phenoxy) is 1. The number of urea groups is 1. The maximum absolute atomic E-state index is 12.0. The number of anilines is 1. The first-order valence-corrected chi connectivity index (χ1v) is 7.78. The summed E-state index contributed by atoms with van der Waals surface area (Å²) in [5, 5.41) is 10.2. The Morgan fingerprint density at radius 2 is 2.24 bits per heavy atom. The third-order valence-electron chi connectivity index (χ3n) is 4.19. The highest BCUT2D eigenvalue weighted by Crippen LogP contribution is 2.19. The molecule has 0 spiro atoms. The van der Waals surface area contributed by atoms with Crippen molar-refractivity contribution < 1.29 is 9.53 Å². The Hall–Kier alpha value is -1.56. The summed E-state index contributed by atoms with van der Waals surface area (Å²) in [6.07, 6.45) is 4.77. The highest BCUT2D eigenvalue weighted by Gasteiger charge is 2.16. The van der Waals surface area contributed by atoms with Crippen LogP contribution >= 0.6 is 0 Å². The summed E-state index contributed by atoms with van der Waals surface area (Å²) in [6, 6.07) is 0.180. The number of hydrogen-bond donors (Lipinski definition) is 2. The van der Waals surface area contributed by atoms with E-state index in [1.807, 2.05) is 11.6 Å². The summed E-state index contributed by atoms with van der Waals surface area (Å²) >= 11 is 0. The van der Waals surface area contributed by atoms with E-state index in [1.54, 1.807) is 6.20 Å². The van der Waals surface area contributed by atoms with Gasteiger partial charge in [-0.2, -0.15) is 5.10 Å². The predicted molar refractivity (Wildman–Crippen MR) is 82.5 cm³/mol. The average Bonchev–Trinajstić information content (AvgIpc) is 2.86. The molecule has 0 unspecified atom stereocenters. The zero-order chi connectivity index (χ0) is 15.2. The first kappa shape index (κ1) is 15.8. The zero-order valence-electron chi connectivity index (χ0n) is 13.2. The third-order valence-corrected chi connectivity index (χ3v) is 4.19. The molecule has 1 aromatic rings. The summed E-state index contributed by atoms with van der Waals surface area (Å²) in [5.74, 6) is 0.522. The lowest BCUT2D eigenvalue weighted by Crippen LogP contribution is -2.35. The van der Waals surface area contributed by atoms with Gasteiger partial charge in [-0.15, -0.1) is 0 Å². The Kier molecular flexibility index (Phi) is 5.61. The molecule has 2 amide bonds. The van der Waals surface area contributed by atoms with Crippen molar-refractivity contribution in [2.24, 2.45) is 5.92 Å². The van der Waals surface area contributed by atoms with Crippen molar-refractivity contribution in [3.8, 4) is 0 Å². The second-order valence-corrected chi connectivity index (χ2v) is 5.74. The highest BCUT2D eigenvalue weighted by molar-refractivity contribution is 5.89. The molecule has 1 saturated heterocycles. The van der Waals surface area contributed by atoms with Gasteiger partial charge in [0, 0.05) is 25.8 Å². The van der Waals surface area contributed by atoms with Crippen LogP contribution < -0.4 is 10.6 Å². The third kappa shape index (κ3) is 4.20. The quantitative estimate of drug-likeness (QED) is 0.877. The van der Waals surface area contributed by atoms with Crippen molar-refractivity contribution in [2.45, 2.75) is 46.1 Å². The maximum atomic E-state index is 12.0. The SMILES string of the molecule is CC[C@H](C)n1ncc(NC(=O)NCC2CCOCC2)c1C. The van der Waals surface area contributed by atoms with Gasteiger partial charge < -0.3 is 15.4 Å². The van der Waals surface area contributed by atoms with Crippen molar-refractivity contribution in [1.82, 2.24) is 15.1 Å². The van der Waals surface area contributed by atoms with Crippen LogP contribution in [0.3, 0.4) is 0 Å². The van der Waals surface area contributed by atoms with Crippen LogP contribution in [0.5, 0.6) is 0 Å². The fraction of sp³-hybridized carbons (Fsp3) is 0.733. The monoisotopic (exact) mass is 294 g/mol. The minimum Gasteiger partial charge on any atom is -0.381 e. The molecular formula is C15H26N4O2. The fourth-order valence-corrected chi connectivity index (χ4v) is 2.52. The molecule has 1 atom stereocenters. The molecule has 1 aromatic heterocycles. The average molecular weight is 294 g/mol. The number of aromatic nitrogens is 2. The largest absolute Gasteiger partial charge is 0.381 e. The van der Waals surface area contributed by atoms with Gasteiger partial charge in [0.2, 0.25) is 0 Å². The Labute approximate surface area is 126 Å². The standard InChI is InChI=1S/C15H26N4O2/c1-4-11(2)19-12(3)14(10-17-19)18-15(20)16-9-13-5-7-21-8-6-13/h10-11,13H,4-9H2,1-3H3,(H2,16,18,20)/t11-/m0/s1. The Bertz CT molecular complexity index is 466. The number of nitrogens with one attached hydrogen (secondary N) is 2. The van der Waals surface area contributed by atoms with Crippen molar-refractivity contribution >= 4 is 11.7 Å². The van der Waals surface area contributed by atoms with Crippen LogP contribution in [0.15, 0.2) is 6.20 Å². The molecule has 1 aliphatic rings. The molecular weight excluding hydrogens is 268 g/mol. The molecule has 1 fully saturated rings. The summed E-state index contributed by atoms with van der Waals surface area (Å²) in [6.45, 7) is 8.53. The first-order chi connectivity index (χ1) is 10.1. The zero-order valence-corrected chi connectivity index (χ0v) is 13.2. The summed E-state index contributed by atoms with van der Waals surface area (Å²) in [4.78, 5) is 12.0. The normalized spacial score (nSPS) is 17.5. The van der Waals surface area contributed by atoms with Crippen LogP contribution in [-0.2, 0) is 4.74 Å². The molecule has 6 heteroatoms. The van der Waals surface area contributed by atoms with Crippen LogP contribution in [0.4, 0.5) is 10.5 Å². The van der Waals surface area contributed by atoms with E-state index in [9.17, 15) is 4.79 Å². The van der Waals surface area contributed by atoms with Gasteiger partial charge >= 0.3 is 6.03 Å². The molecule has 0 aliphatic carbocycles. The summed E-state index contributed by atoms with van der Waals surface area (Å²) < 4.78 is 7.27. The van der Waals surface area contributed by atoms with Gasteiger partial charge in [-0.25, -0.2) is 4.79 Å². The molecule has 2 N–H and O–H groups in total. The first-order valence-electron chi connectivity index (χ1n) is 7.78. The van der Waals surface area contributed by atoms with Crippen LogP contribution in [0.25, 0.3) is 0 Å². The lowest BCUT2D eigenvalue weighted by Gasteiger charge is -2.22. The van der Waals surface area contributed by atoms with E-state index in [2.05, 4.69) is 29.6 Å². The molecule has 6 nitrogen and oxygen atoms in total. The van der Waals surface area contributed by atoms with Gasteiger partial charge in [0.05, 0.1) is 17.6 Å². The number of carbonyl (C=O) groups excluding carboxylic acids is 1. The van der Waals surface area contributed by atoms with Gasteiger partial charge in [0.15, 0.2) is 0 Å². The smallest absolute Gasteiger partial charge is 0.319 e. The molecule has 0 radical (unpaired) electrons. The van der Waals surface area contributed by atoms with Crippen LogP contribution in [0.2, 0.25) is 0 Å². The van der Waals surface area contributed by atoms with E-state index in [0.717, 1.165) is 43.9 Å². The number of nitrogens with zero attached hydrogens (tertiary/aromatic N) is 2. The Balaban J connectivity index is 1.83. The lowest BCUT2D eigenvalue weighted by molar-refractivity contribution is 0.0671. The van der Waals surface area contributed by atoms with Crippen LogP contribution in [0.1, 0.15) is 44.8 Å². The number of amides is 2. The van der Waals surface area contributed by atoms with E-state index in [4.69, 9.17) is 4.74 Å². The van der Waals surface area contributed by atoms with Crippen molar-refractivity contribution in [2.75, 3.05) is 25.1 Å². The van der Waals surface area contributed by atoms with Gasteiger partial charge in [-0.1, -0.05) is 6.92 Å². The Morgan fingerprint density at radius 1 is 1.52 bits per heavy atom. The number of rotatable bonds is 5. The molecule has 1 aliphatic heterocycles. The molecule has 0 aromatic carbocycles. The predicted octanol–water partition coefficient (Wildman–Crippen LogP) is 2.71. The van der Waals surface area contributed by atoms with E-state index >= 15 is 0 Å². The van der Waals surface area contributed by atoms with Gasteiger partial charge in [-0.3, -0.25) is 4.68 Å².